The van der Waals surface area contributed by atoms with E-state index in [0.717, 1.165) is 6.07 Å². The molecule has 0 unspecified atom stereocenters. The minimum absolute atomic E-state index is 0.0622. The van der Waals surface area contributed by atoms with Gasteiger partial charge in [-0.3, -0.25) is 10.1 Å². The Morgan fingerprint density at radius 2 is 2.04 bits per heavy atom. The smallest absolute Gasteiger partial charge is 0.270 e. The van der Waals surface area contributed by atoms with Crippen LogP contribution < -0.4 is 10.0 Å². The minimum atomic E-state index is -3.84. The Balaban J connectivity index is 1.92. The number of nitriles is 1. The van der Waals surface area contributed by atoms with Crippen molar-refractivity contribution in [3.05, 3.63) is 58.3 Å². The summed E-state index contributed by atoms with van der Waals surface area (Å²) in [5.74, 6) is 0.503. The van der Waals surface area contributed by atoms with Crippen LogP contribution in [0.4, 0.5) is 11.5 Å². The van der Waals surface area contributed by atoms with Gasteiger partial charge in [0.1, 0.15) is 11.9 Å². The van der Waals surface area contributed by atoms with Crippen LogP contribution >= 0.6 is 0 Å². The first-order valence-electron chi connectivity index (χ1n) is 6.76. The summed E-state index contributed by atoms with van der Waals surface area (Å²) in [4.78, 5) is 13.9. The molecule has 2 rings (SSSR count). The second-order valence-corrected chi connectivity index (χ2v) is 6.39. The lowest BCUT2D eigenvalue weighted by Crippen LogP contribution is -2.29. The highest BCUT2D eigenvalue weighted by atomic mass is 32.2. The summed E-state index contributed by atoms with van der Waals surface area (Å²) < 4.78 is 26.5. The first-order valence-corrected chi connectivity index (χ1v) is 8.25. The fourth-order valence-electron chi connectivity index (χ4n) is 1.79. The van der Waals surface area contributed by atoms with Crippen molar-refractivity contribution in [1.82, 2.24) is 9.71 Å². The molecule has 10 heteroatoms. The molecule has 0 spiro atoms. The maximum absolute atomic E-state index is 12.1. The Kier molecular flexibility index (Phi) is 5.41. The van der Waals surface area contributed by atoms with Crippen molar-refractivity contribution < 1.29 is 13.3 Å². The van der Waals surface area contributed by atoms with Crippen LogP contribution in [0, 0.1) is 21.4 Å². The second-order valence-electron chi connectivity index (χ2n) is 4.62. The van der Waals surface area contributed by atoms with Crippen LogP contribution in [0.25, 0.3) is 0 Å². The van der Waals surface area contributed by atoms with Gasteiger partial charge in [0.25, 0.3) is 5.69 Å². The normalized spacial score (nSPS) is 10.8. The number of hydrogen-bond acceptors (Lipinski definition) is 7. The Morgan fingerprint density at radius 1 is 1.25 bits per heavy atom. The SMILES string of the molecule is N#Cc1ccc(NCCNS(=O)(=O)c2cccc([N+](=O)[O-])c2)nc1. The number of rotatable bonds is 7. The van der Waals surface area contributed by atoms with Gasteiger partial charge in [-0.05, 0) is 18.2 Å². The van der Waals surface area contributed by atoms with Gasteiger partial charge in [-0.25, -0.2) is 18.1 Å². The molecule has 0 amide bonds. The van der Waals surface area contributed by atoms with Crippen LogP contribution in [0.1, 0.15) is 5.56 Å². The van der Waals surface area contributed by atoms with Crippen LogP contribution in [-0.2, 0) is 10.0 Å². The summed E-state index contributed by atoms with van der Waals surface area (Å²) in [6.07, 6.45) is 1.40. The molecule has 0 bridgehead atoms. The van der Waals surface area contributed by atoms with Crippen molar-refractivity contribution in [3.63, 3.8) is 0 Å². The van der Waals surface area contributed by atoms with Crippen molar-refractivity contribution in [2.45, 2.75) is 4.90 Å². The van der Waals surface area contributed by atoms with E-state index in [-0.39, 0.29) is 23.7 Å². The van der Waals surface area contributed by atoms with Crippen LogP contribution in [0.15, 0.2) is 47.5 Å². The third-order valence-electron chi connectivity index (χ3n) is 2.95. The highest BCUT2D eigenvalue weighted by molar-refractivity contribution is 7.89. The van der Waals surface area contributed by atoms with Crippen molar-refractivity contribution in [2.75, 3.05) is 18.4 Å². The quantitative estimate of drug-likeness (QED) is 0.436. The number of hydrogen-bond donors (Lipinski definition) is 2. The molecule has 0 saturated heterocycles. The standard InChI is InChI=1S/C14H13N5O4S/c15-9-11-4-5-14(17-10-11)16-6-7-18-24(22,23)13-3-1-2-12(8-13)19(20)21/h1-5,8,10,18H,6-7H2,(H,16,17). The average molecular weight is 347 g/mol. The zero-order valence-corrected chi connectivity index (χ0v) is 13.2. The molecule has 124 valence electrons. The zero-order chi connectivity index (χ0) is 17.6. The molecule has 0 aliphatic carbocycles. The van der Waals surface area contributed by atoms with Crippen LogP contribution in [0.2, 0.25) is 0 Å². The Morgan fingerprint density at radius 3 is 2.67 bits per heavy atom. The second kappa shape index (κ2) is 7.49. The number of aromatic nitrogens is 1. The Hall–Kier alpha value is -3.03. The molecule has 0 radical (unpaired) electrons. The number of non-ortho nitro benzene ring substituents is 1. The van der Waals surface area contributed by atoms with Gasteiger partial charge in [0.2, 0.25) is 10.0 Å². The summed E-state index contributed by atoms with van der Waals surface area (Å²) in [7, 11) is -3.84. The molecule has 1 heterocycles. The van der Waals surface area contributed by atoms with Gasteiger partial charge in [-0.2, -0.15) is 5.26 Å². The average Bonchev–Trinajstić information content (AvgIpc) is 2.59. The van der Waals surface area contributed by atoms with Gasteiger partial charge >= 0.3 is 0 Å². The zero-order valence-electron chi connectivity index (χ0n) is 12.3. The highest BCUT2D eigenvalue weighted by Gasteiger charge is 2.16. The van der Waals surface area contributed by atoms with E-state index in [9.17, 15) is 18.5 Å². The summed E-state index contributed by atoms with van der Waals surface area (Å²) in [6, 6.07) is 9.94. The lowest BCUT2D eigenvalue weighted by molar-refractivity contribution is -0.385. The van der Waals surface area contributed by atoms with E-state index in [4.69, 9.17) is 5.26 Å². The number of nitrogens with zero attached hydrogens (tertiary/aromatic N) is 3. The fraction of sp³-hybridized carbons (Fsp3) is 0.143. The van der Waals surface area contributed by atoms with Crippen molar-refractivity contribution in [1.29, 1.82) is 5.26 Å². The van der Waals surface area contributed by atoms with Gasteiger partial charge in [0, 0.05) is 31.4 Å². The van der Waals surface area contributed by atoms with Crippen molar-refractivity contribution in [3.8, 4) is 6.07 Å². The molecule has 0 atom stereocenters. The number of anilines is 1. The van der Waals surface area contributed by atoms with E-state index >= 15 is 0 Å². The number of benzene rings is 1. The summed E-state index contributed by atoms with van der Waals surface area (Å²) in [5.41, 5.74) is 0.129. The predicted molar refractivity (Wildman–Crippen MR) is 85.7 cm³/mol. The van der Waals surface area contributed by atoms with Gasteiger partial charge in [-0.1, -0.05) is 6.07 Å². The van der Waals surface area contributed by atoms with Crippen molar-refractivity contribution in [2.24, 2.45) is 0 Å². The van der Waals surface area contributed by atoms with Crippen LogP contribution in [0.5, 0.6) is 0 Å². The number of nitro benzene ring substituents is 1. The van der Waals surface area contributed by atoms with E-state index < -0.39 is 14.9 Å². The van der Waals surface area contributed by atoms with E-state index in [1.54, 1.807) is 12.1 Å². The largest absolute Gasteiger partial charge is 0.369 e. The molecular formula is C14H13N5O4S. The molecule has 24 heavy (non-hydrogen) atoms. The Labute approximate surface area is 138 Å². The lowest BCUT2D eigenvalue weighted by atomic mass is 10.3. The predicted octanol–water partition coefficient (Wildman–Crippen LogP) is 1.25. The maximum Gasteiger partial charge on any atom is 0.270 e. The van der Waals surface area contributed by atoms with Crippen LogP contribution in [-0.4, -0.2) is 31.4 Å². The van der Waals surface area contributed by atoms with Crippen molar-refractivity contribution >= 4 is 21.5 Å². The van der Waals surface area contributed by atoms with Gasteiger partial charge in [0.15, 0.2) is 0 Å². The molecule has 1 aromatic heterocycles. The first kappa shape index (κ1) is 17.3. The summed E-state index contributed by atoms with van der Waals surface area (Å²) in [5, 5.41) is 22.3. The molecule has 0 aliphatic heterocycles. The van der Waals surface area contributed by atoms with E-state index in [1.807, 2.05) is 6.07 Å². The summed E-state index contributed by atoms with van der Waals surface area (Å²) in [6.45, 7) is 0.319. The van der Waals surface area contributed by atoms with E-state index in [2.05, 4.69) is 15.0 Å². The monoisotopic (exact) mass is 347 g/mol. The highest BCUT2D eigenvalue weighted by Crippen LogP contribution is 2.16. The molecule has 2 aromatic rings. The third-order valence-corrected chi connectivity index (χ3v) is 4.41. The molecule has 0 saturated carbocycles. The molecular weight excluding hydrogens is 334 g/mol. The van der Waals surface area contributed by atoms with E-state index in [0.29, 0.717) is 11.4 Å². The first-order chi connectivity index (χ1) is 11.4. The fourth-order valence-corrected chi connectivity index (χ4v) is 2.86. The molecule has 0 fully saturated rings. The van der Waals surface area contributed by atoms with Gasteiger partial charge in [-0.15, -0.1) is 0 Å². The lowest BCUT2D eigenvalue weighted by Gasteiger charge is -2.08. The number of nitrogens with one attached hydrogen (secondary N) is 2. The minimum Gasteiger partial charge on any atom is -0.369 e. The third kappa shape index (κ3) is 4.48. The van der Waals surface area contributed by atoms with Crippen LogP contribution in [0.3, 0.4) is 0 Å². The molecule has 1 aromatic carbocycles. The van der Waals surface area contributed by atoms with Gasteiger partial charge < -0.3 is 5.32 Å². The number of sulfonamides is 1. The number of nitro groups is 1. The number of pyridine rings is 1. The molecule has 9 nitrogen and oxygen atoms in total. The molecule has 0 aliphatic rings. The van der Waals surface area contributed by atoms with E-state index in [1.165, 1.54) is 24.4 Å². The summed E-state index contributed by atoms with van der Waals surface area (Å²) >= 11 is 0. The molecule has 2 N–H and O–H groups in total. The Bertz CT molecular complexity index is 875. The topological polar surface area (TPSA) is 138 Å². The van der Waals surface area contributed by atoms with Gasteiger partial charge in [0.05, 0.1) is 15.4 Å². The maximum atomic E-state index is 12.1.